The number of benzene rings is 1. The summed E-state index contributed by atoms with van der Waals surface area (Å²) < 4.78 is 10.7. The highest BCUT2D eigenvalue weighted by atomic mass is 32.1. The minimum Gasteiger partial charge on any atom is -0.490 e. The second kappa shape index (κ2) is 10.2. The third kappa shape index (κ3) is 7.11. The van der Waals surface area contributed by atoms with E-state index in [-0.39, 0.29) is 0 Å². The molecule has 0 aromatic heterocycles. The summed E-state index contributed by atoms with van der Waals surface area (Å²) in [5.41, 5.74) is 0.929. The van der Waals surface area contributed by atoms with Crippen molar-refractivity contribution in [2.45, 2.75) is 13.3 Å². The first-order chi connectivity index (χ1) is 9.76. The van der Waals surface area contributed by atoms with Crippen molar-refractivity contribution >= 4 is 23.0 Å². The van der Waals surface area contributed by atoms with Crippen LogP contribution < -0.4 is 15.4 Å². The van der Waals surface area contributed by atoms with Gasteiger partial charge in [-0.1, -0.05) is 12.7 Å². The summed E-state index contributed by atoms with van der Waals surface area (Å²) in [6.45, 7) is 8.41. The van der Waals surface area contributed by atoms with E-state index in [2.05, 4.69) is 17.2 Å². The minimum absolute atomic E-state index is 0.507. The molecule has 0 aliphatic carbocycles. The highest BCUT2D eigenvalue weighted by Gasteiger charge is 1.98. The summed E-state index contributed by atoms with van der Waals surface area (Å²) in [5.74, 6) is 0.811. The molecule has 0 saturated carbocycles. The van der Waals surface area contributed by atoms with Gasteiger partial charge in [-0.2, -0.15) is 0 Å². The van der Waals surface area contributed by atoms with Crippen molar-refractivity contribution in [3.05, 3.63) is 36.9 Å². The lowest BCUT2D eigenvalue weighted by molar-refractivity contribution is 0.146. The van der Waals surface area contributed by atoms with E-state index in [4.69, 9.17) is 21.7 Å². The van der Waals surface area contributed by atoms with Crippen LogP contribution in [-0.4, -0.2) is 31.5 Å². The molecule has 5 heteroatoms. The fraction of sp³-hybridized carbons (Fsp3) is 0.400. The van der Waals surface area contributed by atoms with Crippen LogP contribution in [0.1, 0.15) is 13.3 Å². The summed E-state index contributed by atoms with van der Waals surface area (Å²) in [7, 11) is 0. The molecule has 1 aromatic carbocycles. The van der Waals surface area contributed by atoms with Crippen LogP contribution in [0.4, 0.5) is 5.69 Å². The predicted molar refractivity (Wildman–Crippen MR) is 87.5 cm³/mol. The first kappa shape index (κ1) is 16.5. The number of ether oxygens (including phenoxy) is 2. The number of rotatable bonds is 9. The molecule has 0 radical (unpaired) electrons. The smallest absolute Gasteiger partial charge is 0.170 e. The molecule has 0 fully saturated rings. The third-order valence-corrected chi connectivity index (χ3v) is 2.68. The third-order valence-electron chi connectivity index (χ3n) is 2.44. The molecular weight excluding hydrogens is 272 g/mol. The van der Waals surface area contributed by atoms with Gasteiger partial charge in [0.1, 0.15) is 12.4 Å². The van der Waals surface area contributed by atoms with Crippen LogP contribution in [0.15, 0.2) is 36.9 Å². The van der Waals surface area contributed by atoms with Gasteiger partial charge in [-0.3, -0.25) is 0 Å². The average Bonchev–Trinajstić information content (AvgIpc) is 2.46. The molecule has 0 aliphatic heterocycles. The Balaban J connectivity index is 2.25. The molecule has 2 N–H and O–H groups in total. The summed E-state index contributed by atoms with van der Waals surface area (Å²) in [5, 5.41) is 6.87. The number of hydrogen-bond acceptors (Lipinski definition) is 3. The number of nitrogens with one attached hydrogen (secondary N) is 2. The van der Waals surface area contributed by atoms with Crippen molar-refractivity contribution in [3.8, 4) is 5.75 Å². The van der Waals surface area contributed by atoms with E-state index in [0.717, 1.165) is 37.6 Å². The van der Waals surface area contributed by atoms with Gasteiger partial charge in [-0.25, -0.2) is 0 Å². The van der Waals surface area contributed by atoms with Crippen LogP contribution in [0, 0.1) is 0 Å². The van der Waals surface area contributed by atoms with Crippen molar-refractivity contribution in [1.82, 2.24) is 5.32 Å². The van der Waals surface area contributed by atoms with Crippen molar-refractivity contribution in [3.63, 3.8) is 0 Å². The predicted octanol–water partition coefficient (Wildman–Crippen LogP) is 2.96. The van der Waals surface area contributed by atoms with Gasteiger partial charge in [0.15, 0.2) is 5.11 Å². The summed E-state index contributed by atoms with van der Waals surface area (Å²) in [6, 6.07) is 7.63. The molecule has 0 aliphatic rings. The highest BCUT2D eigenvalue weighted by Crippen LogP contribution is 2.15. The Hall–Kier alpha value is -1.59. The van der Waals surface area contributed by atoms with Gasteiger partial charge < -0.3 is 20.1 Å². The van der Waals surface area contributed by atoms with Crippen LogP contribution >= 0.6 is 12.2 Å². The SMILES string of the molecule is C=CCOc1ccc(NC(=S)NCCCOCC)cc1. The zero-order valence-corrected chi connectivity index (χ0v) is 12.7. The highest BCUT2D eigenvalue weighted by molar-refractivity contribution is 7.80. The zero-order chi connectivity index (χ0) is 14.6. The Kier molecular flexibility index (Phi) is 8.42. The first-order valence-corrected chi connectivity index (χ1v) is 7.13. The van der Waals surface area contributed by atoms with Gasteiger partial charge in [-0.05, 0) is 49.8 Å². The van der Waals surface area contributed by atoms with E-state index in [1.165, 1.54) is 0 Å². The molecule has 0 atom stereocenters. The maximum atomic E-state index is 5.41. The molecule has 0 heterocycles. The lowest BCUT2D eigenvalue weighted by Crippen LogP contribution is -2.29. The van der Waals surface area contributed by atoms with Gasteiger partial charge in [0.2, 0.25) is 0 Å². The molecule has 0 spiro atoms. The van der Waals surface area contributed by atoms with Crippen LogP contribution in [0.5, 0.6) is 5.75 Å². The monoisotopic (exact) mass is 294 g/mol. The summed E-state index contributed by atoms with van der Waals surface area (Å²) >= 11 is 5.21. The van der Waals surface area contributed by atoms with Crippen LogP contribution in [0.25, 0.3) is 0 Å². The molecule has 110 valence electrons. The fourth-order valence-corrected chi connectivity index (χ4v) is 1.71. The second-order valence-corrected chi connectivity index (χ2v) is 4.46. The molecule has 0 bridgehead atoms. The number of hydrogen-bond donors (Lipinski definition) is 2. The number of anilines is 1. The molecule has 0 saturated heterocycles. The Labute approximate surface area is 126 Å². The van der Waals surface area contributed by atoms with Crippen LogP contribution in [0.3, 0.4) is 0 Å². The molecule has 0 unspecified atom stereocenters. The topological polar surface area (TPSA) is 42.5 Å². The maximum absolute atomic E-state index is 5.41. The molecule has 1 aromatic rings. The van der Waals surface area contributed by atoms with E-state index in [1.54, 1.807) is 6.08 Å². The van der Waals surface area contributed by atoms with Gasteiger partial charge in [0, 0.05) is 25.4 Å². The maximum Gasteiger partial charge on any atom is 0.170 e. The number of thiocarbonyl (C=S) groups is 1. The normalized spacial score (nSPS) is 9.85. The Morgan fingerprint density at radius 1 is 1.35 bits per heavy atom. The summed E-state index contributed by atoms with van der Waals surface area (Å²) in [4.78, 5) is 0. The Morgan fingerprint density at radius 2 is 2.10 bits per heavy atom. The first-order valence-electron chi connectivity index (χ1n) is 6.72. The zero-order valence-electron chi connectivity index (χ0n) is 11.9. The Bertz CT molecular complexity index is 407. The quantitative estimate of drug-likeness (QED) is 0.416. The van der Waals surface area contributed by atoms with E-state index in [9.17, 15) is 0 Å². The molecule has 0 amide bonds. The standard InChI is InChI=1S/C15H22N2O2S/c1-3-11-19-14-8-6-13(7-9-14)17-15(20)16-10-5-12-18-4-2/h3,6-9H,1,4-5,10-12H2,2H3,(H2,16,17,20). The van der Waals surface area contributed by atoms with Crippen molar-refractivity contribution in [2.24, 2.45) is 0 Å². The van der Waals surface area contributed by atoms with Crippen molar-refractivity contribution < 1.29 is 9.47 Å². The molecule has 4 nitrogen and oxygen atoms in total. The van der Waals surface area contributed by atoms with E-state index >= 15 is 0 Å². The lowest BCUT2D eigenvalue weighted by Gasteiger charge is -2.11. The van der Waals surface area contributed by atoms with Gasteiger partial charge >= 0.3 is 0 Å². The largest absolute Gasteiger partial charge is 0.490 e. The van der Waals surface area contributed by atoms with Crippen molar-refractivity contribution in [1.29, 1.82) is 0 Å². The van der Waals surface area contributed by atoms with Crippen LogP contribution in [0.2, 0.25) is 0 Å². The molecule has 20 heavy (non-hydrogen) atoms. The minimum atomic E-state index is 0.507. The van der Waals surface area contributed by atoms with E-state index in [0.29, 0.717) is 11.7 Å². The van der Waals surface area contributed by atoms with E-state index in [1.807, 2.05) is 31.2 Å². The van der Waals surface area contributed by atoms with E-state index < -0.39 is 0 Å². The Morgan fingerprint density at radius 3 is 2.75 bits per heavy atom. The average molecular weight is 294 g/mol. The van der Waals surface area contributed by atoms with Gasteiger partial charge in [0.25, 0.3) is 0 Å². The lowest BCUT2D eigenvalue weighted by atomic mass is 10.3. The van der Waals surface area contributed by atoms with Crippen LogP contribution in [-0.2, 0) is 4.74 Å². The van der Waals surface area contributed by atoms with Crippen molar-refractivity contribution in [2.75, 3.05) is 31.7 Å². The molecular formula is C15H22N2O2S. The summed E-state index contributed by atoms with van der Waals surface area (Å²) in [6.07, 6.45) is 2.65. The molecule has 1 rings (SSSR count). The second-order valence-electron chi connectivity index (χ2n) is 4.06. The van der Waals surface area contributed by atoms with Gasteiger partial charge in [-0.15, -0.1) is 0 Å². The fourth-order valence-electron chi connectivity index (χ4n) is 1.49. The van der Waals surface area contributed by atoms with Gasteiger partial charge in [0.05, 0.1) is 0 Å².